The molecule has 0 aromatic rings. The van der Waals surface area contributed by atoms with E-state index in [1.165, 1.54) is 37.0 Å². The summed E-state index contributed by atoms with van der Waals surface area (Å²) in [5, 5.41) is 12.3. The predicted octanol–water partition coefficient (Wildman–Crippen LogP) is 2.85. The van der Waals surface area contributed by atoms with Crippen LogP contribution in [-0.4, -0.2) is 41.1 Å². The Morgan fingerprint density at radius 1 is 1.14 bits per heavy atom. The number of carboxylic acid groups (broad SMARTS) is 1. The first-order chi connectivity index (χ1) is 10.1. The molecule has 2 amide bonds. The third kappa shape index (κ3) is 4.35. The minimum absolute atomic E-state index is 0.0281. The summed E-state index contributed by atoms with van der Waals surface area (Å²) in [7, 11) is 0. The third-order valence-electron chi connectivity index (χ3n) is 5.00. The van der Waals surface area contributed by atoms with Gasteiger partial charge in [-0.3, -0.25) is 0 Å². The fraction of sp³-hybridized carbons (Fsp3) is 0.875. The molecule has 2 rings (SSSR count). The lowest BCUT2D eigenvalue weighted by atomic mass is 9.87. The van der Waals surface area contributed by atoms with Crippen molar-refractivity contribution in [2.75, 3.05) is 13.1 Å². The van der Waals surface area contributed by atoms with Crippen molar-refractivity contribution in [3.8, 4) is 0 Å². The van der Waals surface area contributed by atoms with Gasteiger partial charge in [-0.1, -0.05) is 39.0 Å². The summed E-state index contributed by atoms with van der Waals surface area (Å²) in [6.45, 7) is 3.14. The van der Waals surface area contributed by atoms with Crippen molar-refractivity contribution in [2.24, 2.45) is 11.8 Å². The number of carbonyl (C=O) groups is 2. The Kier molecular flexibility index (Phi) is 5.88. The van der Waals surface area contributed by atoms with Crippen LogP contribution in [0, 0.1) is 11.8 Å². The van der Waals surface area contributed by atoms with Crippen molar-refractivity contribution in [2.45, 2.75) is 64.3 Å². The summed E-state index contributed by atoms with van der Waals surface area (Å²) >= 11 is 0. The molecule has 21 heavy (non-hydrogen) atoms. The number of nitrogens with one attached hydrogen (secondary N) is 1. The Balaban J connectivity index is 1.79. The second-order valence-corrected chi connectivity index (χ2v) is 6.62. The summed E-state index contributed by atoms with van der Waals surface area (Å²) in [6.07, 6.45) is 9.29. The van der Waals surface area contributed by atoms with Crippen LogP contribution in [0.3, 0.4) is 0 Å². The highest BCUT2D eigenvalue weighted by atomic mass is 16.4. The number of urea groups is 1. The van der Waals surface area contributed by atoms with Gasteiger partial charge < -0.3 is 15.3 Å². The number of amides is 2. The summed E-state index contributed by atoms with van der Waals surface area (Å²) in [5.41, 5.74) is 0. The zero-order chi connectivity index (χ0) is 15.2. The molecule has 1 saturated heterocycles. The van der Waals surface area contributed by atoms with Crippen molar-refractivity contribution in [1.82, 2.24) is 10.2 Å². The molecule has 1 aliphatic heterocycles. The predicted molar refractivity (Wildman–Crippen MR) is 81.1 cm³/mol. The van der Waals surface area contributed by atoms with Crippen molar-refractivity contribution >= 4 is 12.0 Å². The monoisotopic (exact) mass is 296 g/mol. The molecule has 1 aliphatic carbocycles. The number of likely N-dealkylation sites (tertiary alicyclic amines) is 1. The summed E-state index contributed by atoms with van der Waals surface area (Å²) in [5.74, 6) is -0.125. The molecule has 2 fully saturated rings. The Morgan fingerprint density at radius 3 is 2.52 bits per heavy atom. The normalized spacial score (nSPS) is 27.4. The zero-order valence-corrected chi connectivity index (χ0v) is 13.0. The van der Waals surface area contributed by atoms with Crippen LogP contribution in [0.1, 0.15) is 58.3 Å². The molecule has 2 aliphatic rings. The lowest BCUT2D eigenvalue weighted by Crippen LogP contribution is -2.55. The molecule has 0 radical (unpaired) electrons. The van der Waals surface area contributed by atoms with Crippen molar-refractivity contribution in [3.05, 3.63) is 0 Å². The van der Waals surface area contributed by atoms with Crippen LogP contribution in [0.15, 0.2) is 0 Å². The molecule has 1 saturated carbocycles. The maximum atomic E-state index is 12.3. The molecular weight excluding hydrogens is 268 g/mol. The van der Waals surface area contributed by atoms with Crippen LogP contribution >= 0.6 is 0 Å². The molecule has 2 unspecified atom stereocenters. The van der Waals surface area contributed by atoms with Crippen molar-refractivity contribution < 1.29 is 14.7 Å². The van der Waals surface area contributed by atoms with Gasteiger partial charge in [0.25, 0.3) is 0 Å². The third-order valence-corrected chi connectivity index (χ3v) is 5.00. The number of carboxylic acids is 1. The molecule has 2 N–H and O–H groups in total. The largest absolute Gasteiger partial charge is 0.480 e. The first-order valence-electron chi connectivity index (χ1n) is 8.37. The Labute approximate surface area is 127 Å². The quantitative estimate of drug-likeness (QED) is 0.838. The Morgan fingerprint density at radius 2 is 1.86 bits per heavy atom. The van der Waals surface area contributed by atoms with Crippen LogP contribution in [-0.2, 0) is 4.79 Å². The molecule has 120 valence electrons. The molecule has 0 aromatic carbocycles. The maximum absolute atomic E-state index is 12.3. The van der Waals surface area contributed by atoms with Crippen LogP contribution in [0.25, 0.3) is 0 Å². The van der Waals surface area contributed by atoms with Crippen LogP contribution in [0.4, 0.5) is 4.79 Å². The van der Waals surface area contributed by atoms with Gasteiger partial charge >= 0.3 is 12.0 Å². The summed E-state index contributed by atoms with van der Waals surface area (Å²) < 4.78 is 0. The van der Waals surface area contributed by atoms with Gasteiger partial charge in [-0.15, -0.1) is 0 Å². The minimum Gasteiger partial charge on any atom is -0.480 e. The number of hydrogen-bond donors (Lipinski definition) is 2. The number of piperidine rings is 1. The van der Waals surface area contributed by atoms with Gasteiger partial charge in [-0.2, -0.15) is 0 Å². The summed E-state index contributed by atoms with van der Waals surface area (Å²) in [4.78, 5) is 25.1. The standard InChI is InChI=1S/C16H28N2O3/c1-12-6-5-11-18(14(12)15(19)20)16(21)17-10-9-13-7-3-2-4-8-13/h12-14H,2-11H2,1H3,(H,17,21)(H,19,20). The molecule has 0 bridgehead atoms. The van der Waals surface area contributed by atoms with Gasteiger partial charge in [0.15, 0.2) is 0 Å². The molecule has 5 heteroatoms. The van der Waals surface area contributed by atoms with E-state index in [9.17, 15) is 14.7 Å². The molecule has 5 nitrogen and oxygen atoms in total. The number of carbonyl (C=O) groups excluding carboxylic acids is 1. The molecule has 1 heterocycles. The number of hydrogen-bond acceptors (Lipinski definition) is 2. The Hall–Kier alpha value is -1.26. The summed E-state index contributed by atoms with van der Waals surface area (Å²) in [6, 6.07) is -0.877. The Bertz CT molecular complexity index is 367. The van der Waals surface area contributed by atoms with Crippen LogP contribution in [0.5, 0.6) is 0 Å². The van der Waals surface area contributed by atoms with E-state index in [1.54, 1.807) is 0 Å². The second-order valence-electron chi connectivity index (χ2n) is 6.62. The van der Waals surface area contributed by atoms with Gasteiger partial charge in [-0.05, 0) is 31.1 Å². The van der Waals surface area contributed by atoms with Gasteiger partial charge in [0, 0.05) is 13.1 Å². The van der Waals surface area contributed by atoms with Gasteiger partial charge in [0.1, 0.15) is 6.04 Å². The molecular formula is C16H28N2O3. The SMILES string of the molecule is CC1CCCN(C(=O)NCCC2CCCCC2)C1C(=O)O. The lowest BCUT2D eigenvalue weighted by Gasteiger charge is -2.37. The van der Waals surface area contributed by atoms with E-state index < -0.39 is 12.0 Å². The topological polar surface area (TPSA) is 69.6 Å². The first-order valence-corrected chi connectivity index (χ1v) is 8.37. The average molecular weight is 296 g/mol. The van der Waals surface area contributed by atoms with E-state index in [0.29, 0.717) is 13.1 Å². The second kappa shape index (κ2) is 7.66. The van der Waals surface area contributed by atoms with Crippen molar-refractivity contribution in [3.63, 3.8) is 0 Å². The first kappa shape index (κ1) is 16.1. The highest BCUT2D eigenvalue weighted by molar-refractivity contribution is 5.83. The van der Waals surface area contributed by atoms with Gasteiger partial charge in [0.05, 0.1) is 0 Å². The number of nitrogens with zero attached hydrogens (tertiary/aromatic N) is 1. The molecule has 0 spiro atoms. The van der Waals surface area contributed by atoms with E-state index >= 15 is 0 Å². The molecule has 2 atom stereocenters. The van der Waals surface area contributed by atoms with E-state index in [-0.39, 0.29) is 11.9 Å². The number of rotatable bonds is 4. The van der Waals surface area contributed by atoms with Crippen LogP contribution < -0.4 is 5.32 Å². The highest BCUT2D eigenvalue weighted by Gasteiger charge is 2.36. The van der Waals surface area contributed by atoms with Crippen molar-refractivity contribution in [1.29, 1.82) is 0 Å². The van der Waals surface area contributed by atoms with Crippen LogP contribution in [0.2, 0.25) is 0 Å². The van der Waals surface area contributed by atoms with Gasteiger partial charge in [0.2, 0.25) is 0 Å². The maximum Gasteiger partial charge on any atom is 0.326 e. The fourth-order valence-electron chi connectivity index (χ4n) is 3.75. The number of aliphatic carboxylic acids is 1. The van der Waals surface area contributed by atoms with Gasteiger partial charge in [-0.25, -0.2) is 9.59 Å². The zero-order valence-electron chi connectivity index (χ0n) is 13.0. The molecule has 0 aromatic heterocycles. The van der Waals surface area contributed by atoms with E-state index in [2.05, 4.69) is 5.32 Å². The van der Waals surface area contributed by atoms with E-state index in [1.807, 2.05) is 6.92 Å². The average Bonchev–Trinajstić information content (AvgIpc) is 2.47. The fourth-order valence-corrected chi connectivity index (χ4v) is 3.75. The van der Waals surface area contributed by atoms with E-state index in [0.717, 1.165) is 25.2 Å². The minimum atomic E-state index is -0.885. The lowest BCUT2D eigenvalue weighted by molar-refractivity contribution is -0.145. The highest BCUT2D eigenvalue weighted by Crippen LogP contribution is 2.26. The van der Waals surface area contributed by atoms with E-state index in [4.69, 9.17) is 0 Å². The smallest absolute Gasteiger partial charge is 0.326 e.